The summed E-state index contributed by atoms with van der Waals surface area (Å²) < 4.78 is 0. The van der Waals surface area contributed by atoms with Gasteiger partial charge in [-0.05, 0) is 37.0 Å². The first-order valence-corrected chi connectivity index (χ1v) is 6.51. The van der Waals surface area contributed by atoms with Gasteiger partial charge in [0.2, 0.25) is 5.91 Å². The fourth-order valence-corrected chi connectivity index (χ4v) is 2.20. The lowest BCUT2D eigenvalue weighted by Crippen LogP contribution is -2.39. The van der Waals surface area contributed by atoms with E-state index in [0.717, 1.165) is 6.42 Å². The van der Waals surface area contributed by atoms with E-state index in [1.807, 2.05) is 0 Å². The van der Waals surface area contributed by atoms with Gasteiger partial charge >= 0.3 is 0 Å². The van der Waals surface area contributed by atoms with Crippen molar-refractivity contribution in [3.63, 3.8) is 0 Å². The van der Waals surface area contributed by atoms with Crippen LogP contribution >= 0.6 is 12.4 Å². The summed E-state index contributed by atoms with van der Waals surface area (Å²) in [7, 11) is 0. The first-order chi connectivity index (χ1) is 7.49. The minimum Gasteiger partial charge on any atom is -0.355 e. The van der Waals surface area contributed by atoms with E-state index in [4.69, 9.17) is 5.73 Å². The van der Waals surface area contributed by atoms with Crippen LogP contribution in [0.4, 0.5) is 0 Å². The van der Waals surface area contributed by atoms with E-state index >= 15 is 0 Å². The molecule has 3 N–H and O–H groups in total. The second-order valence-corrected chi connectivity index (χ2v) is 5.74. The summed E-state index contributed by atoms with van der Waals surface area (Å²) in [4.78, 5) is 11.6. The van der Waals surface area contributed by atoms with Gasteiger partial charge in [0.05, 0.1) is 0 Å². The zero-order valence-corrected chi connectivity index (χ0v) is 12.1. The van der Waals surface area contributed by atoms with Crippen molar-refractivity contribution in [1.29, 1.82) is 0 Å². The van der Waals surface area contributed by atoms with Gasteiger partial charge in [0.25, 0.3) is 0 Å². The Morgan fingerprint density at radius 3 is 2.41 bits per heavy atom. The van der Waals surface area contributed by atoms with Crippen molar-refractivity contribution < 1.29 is 4.79 Å². The molecule has 0 spiro atoms. The number of hydrogen-bond donors (Lipinski definition) is 2. The van der Waals surface area contributed by atoms with E-state index in [0.29, 0.717) is 30.7 Å². The van der Waals surface area contributed by atoms with E-state index in [1.165, 1.54) is 12.8 Å². The molecule has 2 unspecified atom stereocenters. The van der Waals surface area contributed by atoms with Crippen LogP contribution in [0.1, 0.15) is 46.5 Å². The average molecular weight is 263 g/mol. The molecule has 0 aromatic heterocycles. The van der Waals surface area contributed by atoms with Crippen LogP contribution in [0.25, 0.3) is 0 Å². The van der Waals surface area contributed by atoms with Crippen molar-refractivity contribution >= 4 is 18.3 Å². The molecule has 1 rings (SSSR count). The molecule has 0 aromatic carbocycles. The number of nitrogens with two attached hydrogens (primary N) is 1. The number of hydrogen-bond acceptors (Lipinski definition) is 2. The van der Waals surface area contributed by atoms with Crippen molar-refractivity contribution in [2.24, 2.45) is 23.5 Å². The molecule has 1 saturated carbocycles. The average Bonchev–Trinajstić information content (AvgIpc) is 2.95. The van der Waals surface area contributed by atoms with Crippen molar-refractivity contribution in [3.05, 3.63) is 0 Å². The summed E-state index contributed by atoms with van der Waals surface area (Å²) in [6, 6.07) is 0.171. The van der Waals surface area contributed by atoms with Crippen LogP contribution in [0.15, 0.2) is 0 Å². The van der Waals surface area contributed by atoms with Crippen LogP contribution in [-0.4, -0.2) is 18.5 Å². The van der Waals surface area contributed by atoms with Crippen molar-refractivity contribution in [3.8, 4) is 0 Å². The normalized spacial score (nSPS) is 18.4. The molecule has 0 bridgehead atoms. The molecule has 0 aliphatic heterocycles. The zero-order chi connectivity index (χ0) is 12.1. The molecule has 1 aliphatic rings. The molecule has 0 heterocycles. The van der Waals surface area contributed by atoms with Gasteiger partial charge in [0.1, 0.15) is 0 Å². The molecular weight excluding hydrogens is 236 g/mol. The highest BCUT2D eigenvalue weighted by Gasteiger charge is 2.28. The minimum atomic E-state index is 0. The molecule has 4 heteroatoms. The van der Waals surface area contributed by atoms with Gasteiger partial charge in [-0.2, -0.15) is 0 Å². The number of nitrogens with one attached hydrogen (secondary N) is 1. The van der Waals surface area contributed by atoms with Gasteiger partial charge in [0.15, 0.2) is 0 Å². The largest absolute Gasteiger partial charge is 0.355 e. The Kier molecular flexibility index (Phi) is 7.80. The second-order valence-electron chi connectivity index (χ2n) is 5.74. The topological polar surface area (TPSA) is 55.1 Å². The second kappa shape index (κ2) is 7.93. The van der Waals surface area contributed by atoms with Gasteiger partial charge in [-0.3, -0.25) is 4.79 Å². The van der Waals surface area contributed by atoms with Crippen LogP contribution in [0.5, 0.6) is 0 Å². The fraction of sp³-hybridized carbons (Fsp3) is 0.923. The van der Waals surface area contributed by atoms with E-state index < -0.39 is 0 Å². The van der Waals surface area contributed by atoms with Gasteiger partial charge in [0, 0.05) is 19.0 Å². The molecule has 1 fully saturated rings. The van der Waals surface area contributed by atoms with Gasteiger partial charge in [-0.15, -0.1) is 12.4 Å². The van der Waals surface area contributed by atoms with Crippen LogP contribution in [-0.2, 0) is 4.79 Å². The Bertz CT molecular complexity index is 229. The number of rotatable bonds is 7. The van der Waals surface area contributed by atoms with Crippen molar-refractivity contribution in [1.82, 2.24) is 5.32 Å². The summed E-state index contributed by atoms with van der Waals surface area (Å²) in [5.74, 6) is 1.95. The smallest absolute Gasteiger partial charge is 0.220 e. The van der Waals surface area contributed by atoms with Crippen LogP contribution < -0.4 is 11.1 Å². The third-order valence-corrected chi connectivity index (χ3v) is 3.17. The Morgan fingerprint density at radius 2 is 1.94 bits per heavy atom. The summed E-state index contributed by atoms with van der Waals surface area (Å²) in [6.45, 7) is 7.17. The van der Waals surface area contributed by atoms with E-state index in [2.05, 4.69) is 26.1 Å². The van der Waals surface area contributed by atoms with E-state index in [9.17, 15) is 4.79 Å². The minimum absolute atomic E-state index is 0. The predicted molar refractivity (Wildman–Crippen MR) is 74.2 cm³/mol. The first-order valence-electron chi connectivity index (χ1n) is 6.51. The number of halogens is 1. The maximum atomic E-state index is 11.6. The Hall–Kier alpha value is -0.280. The van der Waals surface area contributed by atoms with Gasteiger partial charge < -0.3 is 11.1 Å². The molecular formula is C13H27ClN2O. The summed E-state index contributed by atoms with van der Waals surface area (Å²) >= 11 is 0. The predicted octanol–water partition coefficient (Wildman–Crippen LogP) is 2.33. The van der Waals surface area contributed by atoms with E-state index in [1.54, 1.807) is 0 Å². The molecule has 0 radical (unpaired) electrons. The lowest BCUT2D eigenvalue weighted by Gasteiger charge is -2.15. The lowest BCUT2D eigenvalue weighted by molar-refractivity contribution is -0.122. The van der Waals surface area contributed by atoms with Crippen LogP contribution in [0.3, 0.4) is 0 Å². The molecule has 3 nitrogen and oxygen atoms in total. The number of amides is 1. The maximum absolute atomic E-state index is 11.6. The Morgan fingerprint density at radius 1 is 1.35 bits per heavy atom. The molecule has 17 heavy (non-hydrogen) atoms. The highest BCUT2D eigenvalue weighted by Crippen LogP contribution is 2.31. The molecule has 0 aromatic rings. The monoisotopic (exact) mass is 262 g/mol. The number of carbonyl (C=O) groups excluding carboxylic acids is 1. The fourth-order valence-electron chi connectivity index (χ4n) is 2.20. The Labute approximate surface area is 111 Å². The summed E-state index contributed by atoms with van der Waals surface area (Å²) in [5, 5.41) is 2.94. The van der Waals surface area contributed by atoms with Crippen LogP contribution in [0.2, 0.25) is 0 Å². The van der Waals surface area contributed by atoms with Gasteiger partial charge in [-0.1, -0.05) is 20.8 Å². The summed E-state index contributed by atoms with van der Waals surface area (Å²) in [6.07, 6.45) is 4.22. The third kappa shape index (κ3) is 7.61. The lowest BCUT2D eigenvalue weighted by atomic mass is 9.96. The molecule has 1 amide bonds. The standard InChI is InChI=1S/C13H26N2O.ClH/c1-9(2)6-10(3)7-13(16)15-8-12(14)11-4-5-11;/h9-12H,4-8,14H2,1-3H3,(H,15,16);1H. The molecule has 1 aliphatic carbocycles. The van der Waals surface area contributed by atoms with Crippen molar-refractivity contribution in [2.75, 3.05) is 6.54 Å². The van der Waals surface area contributed by atoms with E-state index in [-0.39, 0.29) is 24.4 Å². The van der Waals surface area contributed by atoms with Gasteiger partial charge in [-0.25, -0.2) is 0 Å². The molecule has 102 valence electrons. The third-order valence-electron chi connectivity index (χ3n) is 3.17. The first kappa shape index (κ1) is 16.7. The molecule has 0 saturated heterocycles. The summed E-state index contributed by atoms with van der Waals surface area (Å²) in [5.41, 5.74) is 5.92. The SMILES string of the molecule is CC(C)CC(C)CC(=O)NCC(N)C1CC1.Cl. The zero-order valence-electron chi connectivity index (χ0n) is 11.2. The quantitative estimate of drug-likeness (QED) is 0.740. The number of carbonyl (C=O) groups is 1. The molecule has 2 atom stereocenters. The highest BCUT2D eigenvalue weighted by atomic mass is 35.5. The van der Waals surface area contributed by atoms with Crippen molar-refractivity contribution in [2.45, 2.75) is 52.5 Å². The maximum Gasteiger partial charge on any atom is 0.220 e. The highest BCUT2D eigenvalue weighted by molar-refractivity contribution is 5.85. The van der Waals surface area contributed by atoms with Crippen LogP contribution in [0, 0.1) is 17.8 Å². The Balaban J connectivity index is 0.00000256.